The van der Waals surface area contributed by atoms with Gasteiger partial charge in [0.2, 0.25) is 0 Å². The molecule has 3 nitrogen and oxygen atoms in total. The van der Waals surface area contributed by atoms with E-state index in [0.717, 1.165) is 0 Å². The number of nitrogens with zero attached hydrogens (tertiary/aromatic N) is 1. The molecule has 0 aromatic carbocycles. The van der Waals surface area contributed by atoms with Crippen LogP contribution in [-0.2, 0) is 19.5 Å². The molecule has 9 heavy (non-hydrogen) atoms. The average molecular weight is 232 g/mol. The number of thiocarbonyl (C=S) groups is 1. The zero-order valence-electron chi connectivity index (χ0n) is 5.12. The number of isothiocyanates is 1. The first-order valence-corrected chi connectivity index (χ1v) is 2.04. The smallest absolute Gasteiger partial charge is 0.753 e. The Labute approximate surface area is 74.5 Å². The van der Waals surface area contributed by atoms with E-state index < -0.39 is 0 Å². The zero-order chi connectivity index (χ0) is 6.12. The van der Waals surface area contributed by atoms with Gasteiger partial charge in [-0.15, -0.1) is 0 Å². The zero-order valence-corrected chi connectivity index (χ0v) is 7.68. The van der Waals surface area contributed by atoms with Gasteiger partial charge in [0.25, 0.3) is 0 Å². The Morgan fingerprint density at radius 2 is 1.44 bits per heavy atom. The minimum absolute atomic E-state index is 0. The molecule has 0 aliphatic rings. The number of rotatable bonds is 1. The molecule has 0 spiro atoms. The first kappa shape index (κ1) is 22.8. The average Bonchev–Trinajstić information content (AvgIpc) is 1.69. The van der Waals surface area contributed by atoms with Gasteiger partial charge in [-0.1, -0.05) is 12.2 Å². The van der Waals surface area contributed by atoms with Crippen LogP contribution in [0.25, 0.3) is 16.9 Å². The standard InChI is InChI=1S/C2H6N2.CNS.CH3.Ru/c3-1-2-4;2-1-3;;/h3-4H,1-2H2;;1H3;/q-2;2*-1;+4. The quantitative estimate of drug-likeness (QED) is 0.295. The topological polar surface area (TPSA) is 69.9 Å². The van der Waals surface area contributed by atoms with Crippen LogP contribution in [0.15, 0.2) is 0 Å². The van der Waals surface area contributed by atoms with E-state index in [1.165, 1.54) is 5.16 Å². The van der Waals surface area contributed by atoms with Crippen LogP contribution in [0.3, 0.4) is 0 Å². The Kier molecular flexibility index (Phi) is 102. The molecule has 0 aromatic heterocycles. The summed E-state index contributed by atoms with van der Waals surface area (Å²) in [7, 11) is 0. The molecule has 0 radical (unpaired) electrons. The van der Waals surface area contributed by atoms with Crippen LogP contribution < -0.4 is 0 Å². The molecule has 0 bridgehead atoms. The van der Waals surface area contributed by atoms with E-state index in [0.29, 0.717) is 0 Å². The third-order valence-electron chi connectivity index (χ3n) is 0.125. The monoisotopic (exact) mass is 233 g/mol. The van der Waals surface area contributed by atoms with E-state index in [4.69, 9.17) is 16.9 Å². The van der Waals surface area contributed by atoms with Gasteiger partial charge in [0.15, 0.2) is 0 Å². The molecule has 0 fully saturated rings. The molecular formula is C4H9N3RuS. The maximum Gasteiger partial charge on any atom is 4.00 e. The largest absolute Gasteiger partial charge is 4.00 e. The Bertz CT molecular complexity index is 51.8. The summed E-state index contributed by atoms with van der Waals surface area (Å²) in [5.41, 5.74) is 12.5. The van der Waals surface area contributed by atoms with Gasteiger partial charge in [0, 0.05) is 0 Å². The van der Waals surface area contributed by atoms with Gasteiger partial charge in [-0.2, -0.15) is 18.3 Å². The van der Waals surface area contributed by atoms with Crippen LogP contribution in [0.4, 0.5) is 0 Å². The Morgan fingerprint density at radius 1 is 1.33 bits per heavy atom. The van der Waals surface area contributed by atoms with Crippen molar-refractivity contribution in [1.82, 2.24) is 0 Å². The van der Waals surface area contributed by atoms with E-state index in [2.05, 4.69) is 12.2 Å². The van der Waals surface area contributed by atoms with Gasteiger partial charge in [0.05, 0.1) is 0 Å². The van der Waals surface area contributed by atoms with Crippen LogP contribution in [0, 0.1) is 7.43 Å². The number of hydrogen-bond donors (Lipinski definition) is 0. The predicted octanol–water partition coefficient (Wildman–Crippen LogP) is 2.20. The summed E-state index contributed by atoms with van der Waals surface area (Å²) in [5, 5.41) is 8.47. The van der Waals surface area contributed by atoms with Gasteiger partial charge in [-0.3, -0.25) is 0 Å². The molecule has 5 heteroatoms. The second-order valence-corrected chi connectivity index (χ2v) is 0.774. The SMILES string of the molecule is [CH3-].[N-]=C=S.[NH-]CC[NH-].[Ru+4]. The molecule has 0 saturated heterocycles. The molecular weight excluding hydrogens is 223 g/mol. The molecule has 0 saturated carbocycles. The van der Waals surface area contributed by atoms with Crippen molar-refractivity contribution < 1.29 is 19.5 Å². The molecule has 0 rings (SSSR count). The molecule has 0 aliphatic heterocycles. The van der Waals surface area contributed by atoms with Crippen molar-refractivity contribution in [1.29, 1.82) is 0 Å². The number of nitrogens with one attached hydrogen (secondary N) is 2. The van der Waals surface area contributed by atoms with Crippen molar-refractivity contribution in [3.8, 4) is 0 Å². The Balaban J connectivity index is -0.0000000233. The fraction of sp³-hybridized carbons (Fsp3) is 0.500. The Hall–Kier alpha value is 0.343. The summed E-state index contributed by atoms with van der Waals surface area (Å²) in [6.07, 6.45) is 0. The van der Waals surface area contributed by atoms with Crippen LogP contribution >= 0.6 is 12.2 Å². The predicted molar refractivity (Wildman–Crippen MR) is 40.7 cm³/mol. The molecule has 54 valence electrons. The van der Waals surface area contributed by atoms with Crippen molar-refractivity contribution in [3.05, 3.63) is 24.3 Å². The van der Waals surface area contributed by atoms with Crippen molar-refractivity contribution in [2.45, 2.75) is 0 Å². The molecule has 0 aliphatic carbocycles. The van der Waals surface area contributed by atoms with Crippen LogP contribution in [-0.4, -0.2) is 18.3 Å². The summed E-state index contributed by atoms with van der Waals surface area (Å²) in [6, 6.07) is 0. The molecule has 0 unspecified atom stereocenters. The normalized spacial score (nSPS) is 4.22. The third-order valence-corrected chi connectivity index (χ3v) is 0.125. The van der Waals surface area contributed by atoms with E-state index in [-0.39, 0.29) is 40.0 Å². The van der Waals surface area contributed by atoms with E-state index in [1.54, 1.807) is 0 Å². The van der Waals surface area contributed by atoms with Crippen molar-refractivity contribution in [2.75, 3.05) is 13.1 Å². The Morgan fingerprint density at radius 3 is 1.44 bits per heavy atom. The van der Waals surface area contributed by atoms with Crippen molar-refractivity contribution in [2.24, 2.45) is 0 Å². The number of hydrogen-bond acceptors (Lipinski definition) is 1. The van der Waals surface area contributed by atoms with Crippen molar-refractivity contribution >= 4 is 17.4 Å². The molecule has 0 aromatic rings. The van der Waals surface area contributed by atoms with E-state index in [9.17, 15) is 0 Å². The second kappa shape index (κ2) is 40.2. The minimum Gasteiger partial charge on any atom is -0.753 e. The van der Waals surface area contributed by atoms with Gasteiger partial charge in [-0.25, -0.2) is 0 Å². The molecule has 2 N–H and O–H groups in total. The van der Waals surface area contributed by atoms with Gasteiger partial charge in [0.1, 0.15) is 0 Å². The van der Waals surface area contributed by atoms with Crippen LogP contribution in [0.1, 0.15) is 0 Å². The van der Waals surface area contributed by atoms with Crippen LogP contribution in [0.5, 0.6) is 0 Å². The molecule has 0 atom stereocenters. The summed E-state index contributed by atoms with van der Waals surface area (Å²) < 4.78 is 0. The van der Waals surface area contributed by atoms with Crippen molar-refractivity contribution in [3.63, 3.8) is 0 Å². The van der Waals surface area contributed by atoms with Gasteiger partial charge >= 0.3 is 19.5 Å². The minimum atomic E-state index is 0. The fourth-order valence-corrected chi connectivity index (χ4v) is 0. The van der Waals surface area contributed by atoms with E-state index in [1.807, 2.05) is 0 Å². The summed E-state index contributed by atoms with van der Waals surface area (Å²) in [6.45, 7) is 0.472. The second-order valence-electron chi connectivity index (χ2n) is 0.591. The third kappa shape index (κ3) is 186. The summed E-state index contributed by atoms with van der Waals surface area (Å²) >= 11 is 3.70. The van der Waals surface area contributed by atoms with Gasteiger partial charge in [-0.05, 0) is 0 Å². The molecule has 0 heterocycles. The first-order valence-electron chi connectivity index (χ1n) is 1.63. The van der Waals surface area contributed by atoms with Gasteiger partial charge < -0.3 is 24.3 Å². The van der Waals surface area contributed by atoms with Crippen LogP contribution in [0.2, 0.25) is 0 Å². The summed E-state index contributed by atoms with van der Waals surface area (Å²) in [4.78, 5) is 0. The molecule has 0 amide bonds. The first-order chi connectivity index (χ1) is 3.33. The summed E-state index contributed by atoms with van der Waals surface area (Å²) in [5.74, 6) is 0. The van der Waals surface area contributed by atoms with E-state index >= 15 is 0 Å². The maximum absolute atomic E-state index is 7.13. The fourth-order valence-electron chi connectivity index (χ4n) is 0. The maximum atomic E-state index is 7.13.